The van der Waals surface area contributed by atoms with Gasteiger partial charge in [-0.05, 0) is 12.1 Å². The van der Waals surface area contributed by atoms with Gasteiger partial charge in [0.05, 0.1) is 5.56 Å². The third-order valence-electron chi connectivity index (χ3n) is 1.31. The molecule has 0 saturated carbocycles. The Kier molecular flexibility index (Phi) is 3.12. The van der Waals surface area contributed by atoms with Gasteiger partial charge in [0.1, 0.15) is 0 Å². The normalized spacial score (nSPS) is 10.7. The average Bonchev–Trinajstić information content (AvgIpc) is 2.17. The van der Waals surface area contributed by atoms with Crippen molar-refractivity contribution in [3.8, 4) is 0 Å². The quantitative estimate of drug-likeness (QED) is 0.520. The van der Waals surface area contributed by atoms with E-state index in [0.29, 0.717) is 0 Å². The lowest BCUT2D eigenvalue weighted by Crippen LogP contribution is -2.26. The maximum Gasteiger partial charge on any atom is 0.447 e. The highest BCUT2D eigenvalue weighted by Crippen LogP contribution is 2.00. The summed E-state index contributed by atoms with van der Waals surface area (Å²) in [6, 6.07) is 2.74. The van der Waals surface area contributed by atoms with Gasteiger partial charge in [0.2, 0.25) is 0 Å². The predicted octanol–water partition coefficient (Wildman–Crippen LogP) is -0.353. The van der Waals surface area contributed by atoms with E-state index in [2.05, 4.69) is 14.9 Å². The summed E-state index contributed by atoms with van der Waals surface area (Å²) in [7, 11) is -4.51. The van der Waals surface area contributed by atoms with Gasteiger partial charge in [-0.15, -0.1) is 0 Å². The summed E-state index contributed by atoms with van der Waals surface area (Å²) in [5, 5.41) is 2.64. The molecule has 0 bridgehead atoms. The Morgan fingerprint density at radius 1 is 1.40 bits per heavy atom. The number of rotatable bonds is 1. The Labute approximate surface area is 84.9 Å². The molecule has 1 rings (SSSR count). The van der Waals surface area contributed by atoms with Crippen molar-refractivity contribution in [2.75, 3.05) is 0 Å². The number of carbonyl (C=O) groups excluding carboxylic acids is 2. The lowest BCUT2D eigenvalue weighted by atomic mass is 10.3. The van der Waals surface area contributed by atoms with Gasteiger partial charge in [-0.3, -0.25) is 4.98 Å². The summed E-state index contributed by atoms with van der Waals surface area (Å²) in [4.78, 5) is 25.4. The van der Waals surface area contributed by atoms with Gasteiger partial charge in [0.15, 0.2) is 0 Å². The number of hydrogen-bond acceptors (Lipinski definition) is 6. The number of carbonyl (C=O) groups is 2. The van der Waals surface area contributed by atoms with Crippen LogP contribution >= 0.6 is 0 Å². The zero-order valence-electron chi connectivity index (χ0n) is 7.28. The van der Waals surface area contributed by atoms with E-state index in [9.17, 15) is 18.0 Å². The van der Waals surface area contributed by atoms with Crippen molar-refractivity contribution >= 4 is 21.3 Å². The molecule has 0 unspecified atom stereocenters. The molecule has 0 radical (unpaired) electrons. The molecule has 1 heterocycles. The second-order valence-corrected chi connectivity index (χ2v) is 3.85. The van der Waals surface area contributed by atoms with E-state index in [1.807, 2.05) is 0 Å². The maximum absolute atomic E-state index is 11.1. The van der Waals surface area contributed by atoms with Crippen LogP contribution in [0.4, 0.5) is 4.79 Å². The summed E-state index contributed by atoms with van der Waals surface area (Å²) in [6.07, 6.45) is 2.52. The Balaban J connectivity index is 2.78. The third-order valence-corrected chi connectivity index (χ3v) is 1.85. The fourth-order valence-corrected chi connectivity index (χ4v) is 0.868. The lowest BCUT2D eigenvalue weighted by molar-refractivity contribution is 0.0659. The zero-order chi connectivity index (χ0) is 11.5. The van der Waals surface area contributed by atoms with E-state index in [-0.39, 0.29) is 5.56 Å². The molecule has 80 valence electrons. The minimum atomic E-state index is -4.51. The molecule has 0 saturated heterocycles. The van der Waals surface area contributed by atoms with E-state index in [4.69, 9.17) is 0 Å². The van der Waals surface area contributed by atoms with Crippen LogP contribution in [0, 0.1) is 0 Å². The van der Waals surface area contributed by atoms with Crippen LogP contribution in [0.25, 0.3) is 0 Å². The van der Waals surface area contributed by atoms with Crippen molar-refractivity contribution < 1.29 is 22.7 Å². The molecule has 0 amide bonds. The van der Waals surface area contributed by atoms with Crippen LogP contribution in [0.2, 0.25) is 0 Å². The van der Waals surface area contributed by atoms with Crippen LogP contribution in [0.5, 0.6) is 0 Å². The molecule has 0 aliphatic carbocycles. The topological polar surface area (TPSA) is 116 Å². The number of nitrogens with two attached hydrogens (primary N) is 1. The number of sulfonamides is 1. The second kappa shape index (κ2) is 4.15. The van der Waals surface area contributed by atoms with Gasteiger partial charge < -0.3 is 4.74 Å². The summed E-state index contributed by atoms with van der Waals surface area (Å²) < 4.78 is 24.8. The van der Waals surface area contributed by atoms with E-state index in [1.165, 1.54) is 18.3 Å². The summed E-state index contributed by atoms with van der Waals surface area (Å²) >= 11 is 0. The molecule has 15 heavy (non-hydrogen) atoms. The number of aromatic nitrogens is 1. The van der Waals surface area contributed by atoms with Crippen molar-refractivity contribution in [1.82, 2.24) is 4.98 Å². The molecule has 8 heteroatoms. The second-order valence-electron chi connectivity index (χ2n) is 2.43. The van der Waals surface area contributed by atoms with E-state index < -0.39 is 21.3 Å². The standard InChI is InChI=1S/C7H6N2O5S/c8-15(12,13)7(11)14-6(10)5-2-1-3-9-4-5/h1-4H,(H2,8,12,13). The van der Waals surface area contributed by atoms with Crippen LogP contribution in [-0.2, 0) is 14.8 Å². The van der Waals surface area contributed by atoms with Gasteiger partial charge >= 0.3 is 21.3 Å². The smallest absolute Gasteiger partial charge is 0.376 e. The number of ether oxygens (including phenoxy) is 1. The highest BCUT2D eigenvalue weighted by Gasteiger charge is 2.22. The van der Waals surface area contributed by atoms with Gasteiger partial charge in [-0.25, -0.2) is 23.1 Å². The first-order chi connectivity index (χ1) is 6.91. The molecule has 1 aromatic rings. The van der Waals surface area contributed by atoms with Crippen LogP contribution in [0.3, 0.4) is 0 Å². The highest BCUT2D eigenvalue weighted by atomic mass is 32.2. The van der Waals surface area contributed by atoms with E-state index in [0.717, 1.165) is 6.20 Å². The first-order valence-electron chi connectivity index (χ1n) is 3.60. The van der Waals surface area contributed by atoms with Gasteiger partial charge in [0, 0.05) is 12.4 Å². The number of nitrogens with zero attached hydrogens (tertiary/aromatic N) is 1. The van der Waals surface area contributed by atoms with Gasteiger partial charge in [-0.2, -0.15) is 0 Å². The molecular formula is C7H6N2O5S. The maximum atomic E-state index is 11.1. The van der Waals surface area contributed by atoms with E-state index in [1.54, 1.807) is 0 Å². The van der Waals surface area contributed by atoms with Crippen molar-refractivity contribution in [3.05, 3.63) is 30.1 Å². The Hall–Kier alpha value is -1.80. The predicted molar refractivity (Wildman–Crippen MR) is 48.2 cm³/mol. The largest absolute Gasteiger partial charge is 0.447 e. The molecule has 0 atom stereocenters. The highest BCUT2D eigenvalue weighted by molar-refractivity contribution is 8.03. The molecule has 0 spiro atoms. The summed E-state index contributed by atoms with van der Waals surface area (Å²) in [6.45, 7) is 0. The number of primary sulfonamides is 1. The minimum absolute atomic E-state index is 0.0468. The molecule has 0 aromatic carbocycles. The van der Waals surface area contributed by atoms with Crippen molar-refractivity contribution in [1.29, 1.82) is 0 Å². The summed E-state index contributed by atoms with van der Waals surface area (Å²) in [5.74, 6) is -1.12. The number of pyridine rings is 1. The fraction of sp³-hybridized carbons (Fsp3) is 0. The minimum Gasteiger partial charge on any atom is -0.376 e. The number of esters is 1. The first-order valence-corrected chi connectivity index (χ1v) is 5.15. The van der Waals surface area contributed by atoms with Crippen LogP contribution in [-0.4, -0.2) is 24.7 Å². The van der Waals surface area contributed by atoms with Crippen molar-refractivity contribution in [2.24, 2.45) is 5.14 Å². The Bertz CT molecular complexity index is 481. The van der Waals surface area contributed by atoms with Crippen LogP contribution in [0.15, 0.2) is 24.5 Å². The molecule has 2 N–H and O–H groups in total. The number of hydrogen-bond donors (Lipinski definition) is 1. The van der Waals surface area contributed by atoms with E-state index >= 15 is 0 Å². The molecule has 1 aromatic heterocycles. The lowest BCUT2D eigenvalue weighted by Gasteiger charge is -1.99. The molecule has 7 nitrogen and oxygen atoms in total. The average molecular weight is 230 g/mol. The van der Waals surface area contributed by atoms with Gasteiger partial charge in [-0.1, -0.05) is 0 Å². The summed E-state index contributed by atoms with van der Waals surface area (Å²) in [5.41, 5.74) is -0.0468. The molecular weight excluding hydrogens is 224 g/mol. The van der Waals surface area contributed by atoms with Crippen LogP contribution < -0.4 is 5.14 Å². The van der Waals surface area contributed by atoms with Crippen LogP contribution in [0.1, 0.15) is 10.4 Å². The molecule has 0 aliphatic rings. The SMILES string of the molecule is NS(=O)(=O)C(=O)OC(=O)c1cccnc1. The fourth-order valence-electron chi connectivity index (χ4n) is 0.676. The zero-order valence-corrected chi connectivity index (χ0v) is 8.10. The van der Waals surface area contributed by atoms with Crippen molar-refractivity contribution in [3.63, 3.8) is 0 Å². The van der Waals surface area contributed by atoms with Crippen molar-refractivity contribution in [2.45, 2.75) is 0 Å². The Morgan fingerprint density at radius 2 is 2.07 bits per heavy atom. The Morgan fingerprint density at radius 3 is 2.53 bits per heavy atom. The monoisotopic (exact) mass is 230 g/mol. The molecule has 0 fully saturated rings. The van der Waals surface area contributed by atoms with Gasteiger partial charge in [0.25, 0.3) is 0 Å². The first kappa shape index (κ1) is 11.3. The third kappa shape index (κ3) is 3.11. The molecule has 0 aliphatic heterocycles.